The van der Waals surface area contributed by atoms with Crippen LogP contribution in [0.3, 0.4) is 0 Å². The molecule has 0 radical (unpaired) electrons. The number of sulfonamides is 1. The van der Waals surface area contributed by atoms with Gasteiger partial charge in [0.05, 0.1) is 19.3 Å². The van der Waals surface area contributed by atoms with Crippen LogP contribution >= 0.6 is 0 Å². The second kappa shape index (κ2) is 7.75. The molecule has 9 nitrogen and oxygen atoms in total. The summed E-state index contributed by atoms with van der Waals surface area (Å²) >= 11 is 0. The number of carbonyl (C=O) groups is 1. The van der Waals surface area contributed by atoms with Crippen LogP contribution in [0.1, 0.15) is 12.8 Å². The van der Waals surface area contributed by atoms with Gasteiger partial charge in [-0.3, -0.25) is 4.79 Å². The number of nitrogens with zero attached hydrogens (tertiary/aromatic N) is 1. The zero-order chi connectivity index (χ0) is 15.1. The molecule has 0 aromatic rings. The van der Waals surface area contributed by atoms with Crippen LogP contribution in [0, 0.1) is 0 Å². The standard InChI is InChI=1S/C8H19N3O6S2/c1-11(6-4-8(12)17-2)19(15,16)10-5-3-7-18(9,13)14/h10H,3-7H2,1-2H3,(H2,9,13,14). The lowest BCUT2D eigenvalue weighted by Gasteiger charge is -2.16. The molecule has 11 heteroatoms. The number of carbonyl (C=O) groups excluding carboxylic acids is 1. The van der Waals surface area contributed by atoms with Crippen LogP contribution in [-0.2, 0) is 29.8 Å². The van der Waals surface area contributed by atoms with Crippen molar-refractivity contribution in [1.29, 1.82) is 0 Å². The quantitative estimate of drug-likeness (QED) is 0.373. The summed E-state index contributed by atoms with van der Waals surface area (Å²) in [5, 5.41) is 4.77. The number of primary sulfonamides is 1. The molecule has 114 valence electrons. The van der Waals surface area contributed by atoms with E-state index in [1.54, 1.807) is 0 Å². The van der Waals surface area contributed by atoms with Crippen LogP contribution in [0.2, 0.25) is 0 Å². The number of ether oxygens (including phenoxy) is 1. The highest BCUT2D eigenvalue weighted by Crippen LogP contribution is 1.97. The zero-order valence-electron chi connectivity index (χ0n) is 10.8. The molecule has 0 aromatic carbocycles. The molecule has 0 amide bonds. The third-order valence-corrected chi connectivity index (χ3v) is 4.59. The predicted octanol–water partition coefficient (Wildman–Crippen LogP) is -2.01. The third-order valence-electron chi connectivity index (χ3n) is 2.16. The van der Waals surface area contributed by atoms with Gasteiger partial charge < -0.3 is 4.74 Å². The maximum absolute atomic E-state index is 11.6. The van der Waals surface area contributed by atoms with Crippen molar-refractivity contribution in [3.63, 3.8) is 0 Å². The van der Waals surface area contributed by atoms with Gasteiger partial charge in [0.15, 0.2) is 0 Å². The van der Waals surface area contributed by atoms with E-state index < -0.39 is 26.2 Å². The van der Waals surface area contributed by atoms with Gasteiger partial charge in [-0.15, -0.1) is 0 Å². The Bertz CT molecular complexity index is 487. The smallest absolute Gasteiger partial charge is 0.306 e. The Morgan fingerprint density at radius 2 is 1.89 bits per heavy atom. The first kappa shape index (κ1) is 18.2. The molecule has 0 spiro atoms. The molecule has 0 saturated carbocycles. The summed E-state index contributed by atoms with van der Waals surface area (Å²) < 4.78 is 52.1. The first-order chi connectivity index (χ1) is 8.58. The Morgan fingerprint density at radius 1 is 1.32 bits per heavy atom. The molecule has 3 N–H and O–H groups in total. The maximum Gasteiger partial charge on any atom is 0.306 e. The van der Waals surface area contributed by atoms with Crippen molar-refractivity contribution in [2.24, 2.45) is 5.14 Å². The summed E-state index contributed by atoms with van der Waals surface area (Å²) in [6.07, 6.45) is 0.00793. The molecule has 19 heavy (non-hydrogen) atoms. The van der Waals surface area contributed by atoms with E-state index in [1.165, 1.54) is 14.2 Å². The van der Waals surface area contributed by atoms with E-state index in [9.17, 15) is 21.6 Å². The Balaban J connectivity index is 4.13. The van der Waals surface area contributed by atoms with Gasteiger partial charge in [-0.1, -0.05) is 0 Å². The molecule has 0 aliphatic rings. The predicted molar refractivity (Wildman–Crippen MR) is 68.8 cm³/mol. The molecule has 0 aliphatic heterocycles. The fourth-order valence-electron chi connectivity index (χ4n) is 1.06. The maximum atomic E-state index is 11.6. The molecule has 0 bridgehead atoms. The van der Waals surface area contributed by atoms with Gasteiger partial charge in [-0.05, 0) is 6.42 Å². The number of nitrogens with one attached hydrogen (secondary N) is 1. The van der Waals surface area contributed by atoms with E-state index in [-0.39, 0.29) is 31.7 Å². The van der Waals surface area contributed by atoms with Crippen LogP contribution in [0.25, 0.3) is 0 Å². The molecule has 0 aromatic heterocycles. The van der Waals surface area contributed by atoms with E-state index in [1.807, 2.05) is 0 Å². The number of nitrogens with two attached hydrogens (primary N) is 1. The summed E-state index contributed by atoms with van der Waals surface area (Å²) in [6.45, 7) is -0.0848. The van der Waals surface area contributed by atoms with Crippen LogP contribution in [-0.4, -0.2) is 60.1 Å². The topological polar surface area (TPSA) is 136 Å². The Morgan fingerprint density at radius 3 is 2.37 bits per heavy atom. The minimum atomic E-state index is -3.74. The van der Waals surface area contributed by atoms with E-state index >= 15 is 0 Å². The SMILES string of the molecule is COC(=O)CCN(C)S(=O)(=O)NCCCS(N)(=O)=O. The number of hydrogen-bond donors (Lipinski definition) is 2. The molecule has 0 saturated heterocycles. The molecule has 0 atom stereocenters. The first-order valence-electron chi connectivity index (χ1n) is 5.36. The molecular formula is C8H19N3O6S2. The summed E-state index contributed by atoms with van der Waals surface area (Å²) in [5.74, 6) is -0.822. The van der Waals surface area contributed by atoms with Crippen molar-refractivity contribution in [3.05, 3.63) is 0 Å². The zero-order valence-corrected chi connectivity index (χ0v) is 12.5. The van der Waals surface area contributed by atoms with Crippen LogP contribution in [0.4, 0.5) is 0 Å². The van der Waals surface area contributed by atoms with E-state index in [0.29, 0.717) is 0 Å². The molecule has 0 unspecified atom stereocenters. The Hall–Kier alpha value is -0.750. The third kappa shape index (κ3) is 8.88. The number of rotatable bonds is 9. The molecule has 0 aliphatic carbocycles. The molecule has 0 heterocycles. The average Bonchev–Trinajstić information content (AvgIpc) is 2.29. The van der Waals surface area contributed by atoms with Gasteiger partial charge >= 0.3 is 5.97 Å². The van der Waals surface area contributed by atoms with E-state index in [0.717, 1.165) is 4.31 Å². The number of esters is 1. The number of hydrogen-bond acceptors (Lipinski definition) is 6. The minimum Gasteiger partial charge on any atom is -0.469 e. The lowest BCUT2D eigenvalue weighted by molar-refractivity contribution is -0.140. The van der Waals surface area contributed by atoms with Crippen molar-refractivity contribution in [2.75, 3.05) is 33.0 Å². The second-order valence-electron chi connectivity index (χ2n) is 3.77. The summed E-state index contributed by atoms with van der Waals surface area (Å²) in [4.78, 5) is 10.9. The molecular weight excluding hydrogens is 298 g/mol. The molecule has 0 rings (SSSR count). The van der Waals surface area contributed by atoms with Crippen molar-refractivity contribution >= 4 is 26.2 Å². The number of methoxy groups -OCH3 is 1. The molecule has 0 fully saturated rings. The summed E-state index contributed by atoms with van der Waals surface area (Å²) in [5.41, 5.74) is 0. The highest BCUT2D eigenvalue weighted by Gasteiger charge is 2.18. The highest BCUT2D eigenvalue weighted by atomic mass is 32.2. The second-order valence-corrected chi connectivity index (χ2v) is 7.36. The van der Waals surface area contributed by atoms with Crippen molar-refractivity contribution in [3.8, 4) is 0 Å². The summed E-state index contributed by atoms with van der Waals surface area (Å²) in [6, 6.07) is 0. The summed E-state index contributed by atoms with van der Waals surface area (Å²) in [7, 11) is -4.83. The van der Waals surface area contributed by atoms with Crippen LogP contribution in [0.15, 0.2) is 0 Å². The van der Waals surface area contributed by atoms with Crippen LogP contribution < -0.4 is 9.86 Å². The van der Waals surface area contributed by atoms with Gasteiger partial charge in [0.25, 0.3) is 10.2 Å². The van der Waals surface area contributed by atoms with Crippen LogP contribution in [0.5, 0.6) is 0 Å². The van der Waals surface area contributed by atoms with Gasteiger partial charge in [0, 0.05) is 20.1 Å². The fraction of sp³-hybridized carbons (Fsp3) is 0.875. The Labute approximate surface area is 113 Å². The highest BCUT2D eigenvalue weighted by molar-refractivity contribution is 7.89. The van der Waals surface area contributed by atoms with Gasteiger partial charge in [0.1, 0.15) is 0 Å². The van der Waals surface area contributed by atoms with Crippen molar-refractivity contribution < 1.29 is 26.4 Å². The van der Waals surface area contributed by atoms with E-state index in [2.05, 4.69) is 9.46 Å². The Kier molecular flexibility index (Phi) is 7.44. The normalized spacial score (nSPS) is 12.6. The largest absolute Gasteiger partial charge is 0.469 e. The van der Waals surface area contributed by atoms with Crippen molar-refractivity contribution in [1.82, 2.24) is 9.03 Å². The lowest BCUT2D eigenvalue weighted by atomic mass is 10.4. The average molecular weight is 317 g/mol. The monoisotopic (exact) mass is 317 g/mol. The fourth-order valence-corrected chi connectivity index (χ4v) is 2.56. The van der Waals surface area contributed by atoms with Gasteiger partial charge in [-0.2, -0.15) is 12.7 Å². The van der Waals surface area contributed by atoms with Gasteiger partial charge in [0.2, 0.25) is 10.0 Å². The first-order valence-corrected chi connectivity index (χ1v) is 8.52. The minimum absolute atomic E-state index is 0.0306. The van der Waals surface area contributed by atoms with Crippen molar-refractivity contribution in [2.45, 2.75) is 12.8 Å². The van der Waals surface area contributed by atoms with E-state index in [4.69, 9.17) is 5.14 Å². The lowest BCUT2D eigenvalue weighted by Crippen LogP contribution is -2.40. The van der Waals surface area contributed by atoms with Gasteiger partial charge in [-0.25, -0.2) is 18.3 Å².